The monoisotopic (exact) mass is 409 g/mol. The first-order valence-electron chi connectivity index (χ1n) is 8.37. The van der Waals surface area contributed by atoms with Crippen LogP contribution in [0.3, 0.4) is 0 Å². The molecule has 28 heavy (non-hydrogen) atoms. The first kappa shape index (κ1) is 20.1. The summed E-state index contributed by atoms with van der Waals surface area (Å²) >= 11 is 1.21. The molecule has 0 spiro atoms. The molecule has 0 saturated heterocycles. The van der Waals surface area contributed by atoms with Crippen LogP contribution >= 0.6 is 11.3 Å². The maximum atomic E-state index is 13.0. The predicted octanol–water partition coefficient (Wildman–Crippen LogP) is 5.07. The lowest BCUT2D eigenvalue weighted by atomic mass is 10.2. The first-order valence-corrected chi connectivity index (χ1v) is 9.25. The average molecular weight is 409 g/mol. The number of rotatable bonds is 6. The fourth-order valence-corrected chi connectivity index (χ4v) is 3.60. The number of hydrogen-bond acceptors (Lipinski definition) is 5. The van der Waals surface area contributed by atoms with Gasteiger partial charge in [-0.15, -0.1) is 11.3 Å². The van der Waals surface area contributed by atoms with Gasteiger partial charge in [0.05, 0.1) is 29.8 Å². The molecule has 3 aromatic rings. The topological polar surface area (TPSA) is 49.6 Å². The Morgan fingerprint density at radius 2 is 2.00 bits per heavy atom. The molecule has 0 aliphatic rings. The highest BCUT2D eigenvalue weighted by atomic mass is 32.1. The summed E-state index contributed by atoms with van der Waals surface area (Å²) in [5.74, 6) is 0.399. The third kappa shape index (κ3) is 4.79. The van der Waals surface area contributed by atoms with Gasteiger partial charge in [0.2, 0.25) is 5.91 Å². The fraction of sp³-hybridized carbons (Fsp3) is 0.263. The van der Waals surface area contributed by atoms with E-state index in [1.165, 1.54) is 35.3 Å². The van der Waals surface area contributed by atoms with Gasteiger partial charge in [-0.25, -0.2) is 4.98 Å². The molecule has 0 N–H and O–H groups in total. The minimum absolute atomic E-state index is 0.132. The van der Waals surface area contributed by atoms with Gasteiger partial charge >= 0.3 is 6.18 Å². The number of hydrogen-bond donors (Lipinski definition) is 0. The van der Waals surface area contributed by atoms with Gasteiger partial charge in [-0.05, 0) is 37.4 Å². The Bertz CT molecular complexity index is 938. The molecule has 0 bridgehead atoms. The number of alkyl halides is 3. The van der Waals surface area contributed by atoms with Crippen molar-refractivity contribution < 1.29 is 22.4 Å². The van der Waals surface area contributed by atoms with Crippen LogP contribution in [-0.4, -0.2) is 22.8 Å². The number of amides is 1. The molecule has 2 heterocycles. The number of carbonyl (C=O) groups is 1. The van der Waals surface area contributed by atoms with Crippen molar-refractivity contribution in [1.82, 2.24) is 9.88 Å². The minimum Gasteiger partial charge on any atom is -0.468 e. The van der Waals surface area contributed by atoms with Crippen molar-refractivity contribution >= 4 is 28.1 Å². The summed E-state index contributed by atoms with van der Waals surface area (Å²) in [5, 5.41) is 2.12. The van der Waals surface area contributed by atoms with Crippen LogP contribution in [0.1, 0.15) is 23.9 Å². The van der Waals surface area contributed by atoms with E-state index in [4.69, 9.17) is 4.42 Å². The first-order chi connectivity index (χ1) is 13.2. The molecular weight excluding hydrogens is 391 g/mol. The quantitative estimate of drug-likeness (QED) is 0.570. The lowest BCUT2D eigenvalue weighted by Gasteiger charge is -2.19. The third-order valence-corrected chi connectivity index (χ3v) is 4.79. The van der Waals surface area contributed by atoms with Crippen LogP contribution in [0.4, 0.5) is 24.0 Å². The maximum absolute atomic E-state index is 13.0. The molecule has 0 unspecified atom stereocenters. The van der Waals surface area contributed by atoms with Gasteiger partial charge in [0, 0.05) is 18.8 Å². The van der Waals surface area contributed by atoms with Crippen molar-refractivity contribution in [3.8, 4) is 0 Å². The van der Waals surface area contributed by atoms with E-state index in [2.05, 4.69) is 4.98 Å². The van der Waals surface area contributed by atoms with E-state index in [0.29, 0.717) is 23.9 Å². The summed E-state index contributed by atoms with van der Waals surface area (Å²) in [7, 11) is 1.90. The molecule has 3 rings (SSSR count). The van der Waals surface area contributed by atoms with Crippen molar-refractivity contribution in [3.05, 3.63) is 65.1 Å². The lowest BCUT2D eigenvalue weighted by molar-refractivity contribution is -0.137. The third-order valence-electron chi connectivity index (χ3n) is 3.92. The number of benzene rings is 1. The van der Waals surface area contributed by atoms with Crippen molar-refractivity contribution in [3.63, 3.8) is 0 Å². The molecule has 0 saturated carbocycles. The average Bonchev–Trinajstić information content (AvgIpc) is 3.26. The molecule has 9 heteroatoms. The van der Waals surface area contributed by atoms with Crippen molar-refractivity contribution in [2.24, 2.45) is 0 Å². The van der Waals surface area contributed by atoms with E-state index in [1.54, 1.807) is 11.6 Å². The normalized spacial score (nSPS) is 11.8. The standard InChI is InChI=1S/C19H18F3N3O2S/c1-13(26)25(16-6-3-5-14(9-16)19(20,21)22)18-23-15(12-28-18)10-24(2)11-17-7-4-8-27-17/h3-9,12H,10-11H2,1-2H3. The summed E-state index contributed by atoms with van der Waals surface area (Å²) in [5.41, 5.74) is 0.0330. The molecule has 148 valence electrons. The van der Waals surface area contributed by atoms with E-state index >= 15 is 0 Å². The molecule has 5 nitrogen and oxygen atoms in total. The highest BCUT2D eigenvalue weighted by Gasteiger charge is 2.31. The molecule has 0 fully saturated rings. The zero-order valence-corrected chi connectivity index (χ0v) is 16.0. The van der Waals surface area contributed by atoms with E-state index in [1.807, 2.05) is 24.1 Å². The number of nitrogens with zero attached hydrogens (tertiary/aromatic N) is 3. The second-order valence-electron chi connectivity index (χ2n) is 6.28. The van der Waals surface area contributed by atoms with E-state index in [-0.39, 0.29) is 5.69 Å². The summed E-state index contributed by atoms with van der Waals surface area (Å²) in [6.45, 7) is 2.39. The Labute approximate surface area is 164 Å². The van der Waals surface area contributed by atoms with Crippen LogP contribution in [0.2, 0.25) is 0 Å². The van der Waals surface area contributed by atoms with Crippen molar-refractivity contribution in [2.75, 3.05) is 11.9 Å². The van der Waals surface area contributed by atoms with Gasteiger partial charge in [0.1, 0.15) is 5.76 Å². The van der Waals surface area contributed by atoms with Crippen LogP contribution in [0.15, 0.2) is 52.5 Å². The number of thiazole rings is 1. The highest BCUT2D eigenvalue weighted by Crippen LogP contribution is 2.35. The van der Waals surface area contributed by atoms with Crippen LogP contribution in [-0.2, 0) is 24.1 Å². The van der Waals surface area contributed by atoms with Gasteiger partial charge in [0.25, 0.3) is 0 Å². The SMILES string of the molecule is CC(=O)N(c1cccc(C(F)(F)F)c1)c1nc(CN(C)Cc2ccco2)cs1. The largest absolute Gasteiger partial charge is 0.468 e. The number of halogens is 3. The molecular formula is C19H18F3N3O2S. The lowest BCUT2D eigenvalue weighted by Crippen LogP contribution is -2.23. The zero-order chi connectivity index (χ0) is 20.3. The van der Waals surface area contributed by atoms with Crippen LogP contribution in [0, 0.1) is 0 Å². The molecule has 0 atom stereocenters. The second kappa shape index (κ2) is 8.15. The van der Waals surface area contributed by atoms with E-state index in [9.17, 15) is 18.0 Å². The zero-order valence-electron chi connectivity index (χ0n) is 15.2. The highest BCUT2D eigenvalue weighted by molar-refractivity contribution is 7.14. The summed E-state index contributed by atoms with van der Waals surface area (Å²) in [6.07, 6.45) is -2.88. The molecule has 2 aromatic heterocycles. The van der Waals surface area contributed by atoms with Gasteiger partial charge < -0.3 is 4.42 Å². The van der Waals surface area contributed by atoms with Crippen LogP contribution in [0.5, 0.6) is 0 Å². The molecule has 1 amide bonds. The van der Waals surface area contributed by atoms with Crippen molar-refractivity contribution in [1.29, 1.82) is 0 Å². The van der Waals surface area contributed by atoms with E-state index in [0.717, 1.165) is 17.9 Å². The predicted molar refractivity (Wildman–Crippen MR) is 100 cm³/mol. The molecule has 0 aliphatic carbocycles. The Balaban J connectivity index is 1.80. The van der Waals surface area contributed by atoms with Crippen LogP contribution < -0.4 is 4.90 Å². The van der Waals surface area contributed by atoms with Gasteiger partial charge in [-0.3, -0.25) is 14.6 Å². The Morgan fingerprint density at radius 1 is 1.21 bits per heavy atom. The Kier molecular flexibility index (Phi) is 5.85. The number of aromatic nitrogens is 1. The Morgan fingerprint density at radius 3 is 2.64 bits per heavy atom. The fourth-order valence-electron chi connectivity index (χ4n) is 2.72. The molecule has 0 radical (unpaired) electrons. The maximum Gasteiger partial charge on any atom is 0.416 e. The number of anilines is 2. The minimum atomic E-state index is -4.49. The second-order valence-corrected chi connectivity index (χ2v) is 7.11. The number of furan rings is 1. The summed E-state index contributed by atoms with van der Waals surface area (Å²) in [4.78, 5) is 19.8. The van der Waals surface area contributed by atoms with Gasteiger partial charge in [-0.2, -0.15) is 13.2 Å². The Hall–Kier alpha value is -2.65. The number of carbonyl (C=O) groups excluding carboxylic acids is 1. The molecule has 0 aliphatic heterocycles. The summed E-state index contributed by atoms with van der Waals surface area (Å²) in [6, 6.07) is 8.34. The van der Waals surface area contributed by atoms with Gasteiger partial charge in [-0.1, -0.05) is 6.07 Å². The molecule has 1 aromatic carbocycles. The van der Waals surface area contributed by atoms with Gasteiger partial charge in [0.15, 0.2) is 5.13 Å². The summed E-state index contributed by atoms with van der Waals surface area (Å²) < 4.78 is 44.3. The smallest absolute Gasteiger partial charge is 0.416 e. The van der Waals surface area contributed by atoms with Crippen LogP contribution in [0.25, 0.3) is 0 Å². The van der Waals surface area contributed by atoms with Crippen molar-refractivity contribution in [2.45, 2.75) is 26.2 Å². The van der Waals surface area contributed by atoms with E-state index < -0.39 is 17.6 Å².